The highest BCUT2D eigenvalue weighted by Gasteiger charge is 2.39. The number of fused-ring (bicyclic) bond motifs is 1. The lowest BCUT2D eigenvalue weighted by atomic mass is 10.1. The summed E-state index contributed by atoms with van der Waals surface area (Å²) < 4.78 is 54.2. The number of hydrogen-bond acceptors (Lipinski definition) is 6. The van der Waals surface area contributed by atoms with Gasteiger partial charge in [-0.15, -0.1) is 0 Å². The van der Waals surface area contributed by atoms with Crippen molar-refractivity contribution in [2.75, 3.05) is 35.8 Å². The van der Waals surface area contributed by atoms with E-state index < -0.39 is 34.2 Å². The summed E-state index contributed by atoms with van der Waals surface area (Å²) in [5.41, 5.74) is -0.129. The van der Waals surface area contributed by atoms with Crippen molar-refractivity contribution in [3.63, 3.8) is 0 Å². The number of nitrogens with one attached hydrogen (secondary N) is 2. The van der Waals surface area contributed by atoms with Gasteiger partial charge in [0.2, 0.25) is 5.91 Å². The van der Waals surface area contributed by atoms with Crippen LogP contribution in [0.5, 0.6) is 5.75 Å². The molecule has 2 aliphatic rings. The molecule has 33 heavy (non-hydrogen) atoms. The van der Waals surface area contributed by atoms with Gasteiger partial charge >= 0.3 is 16.3 Å². The molecular weight excluding hydrogens is 455 g/mol. The van der Waals surface area contributed by atoms with Gasteiger partial charge in [0.25, 0.3) is 0 Å². The predicted octanol–water partition coefficient (Wildman–Crippen LogP) is 2.42. The van der Waals surface area contributed by atoms with Crippen LogP contribution in [0, 0.1) is 0 Å². The number of ether oxygens (including phenoxy) is 2. The first kappa shape index (κ1) is 25.0. The van der Waals surface area contributed by atoms with E-state index in [1.54, 1.807) is 32.9 Å². The van der Waals surface area contributed by atoms with Gasteiger partial charge < -0.3 is 14.8 Å². The number of piperidine rings is 1. The maximum Gasteiger partial charge on any atom is 0.412 e. The number of nitrogens with zero attached hydrogens (tertiary/aromatic N) is 2. The minimum absolute atomic E-state index is 0.0545. The molecule has 1 atom stereocenters. The van der Waals surface area contributed by atoms with Crippen LogP contribution in [-0.2, 0) is 19.7 Å². The Hall–Kier alpha value is -2.60. The van der Waals surface area contributed by atoms with Gasteiger partial charge in [0.1, 0.15) is 23.6 Å². The largest absolute Gasteiger partial charge is 0.484 e. The zero-order chi connectivity index (χ0) is 24.4. The number of amides is 2. The number of carbonyl (C=O) groups excluding carboxylic acids is 2. The van der Waals surface area contributed by atoms with Gasteiger partial charge in [-0.1, -0.05) is 0 Å². The summed E-state index contributed by atoms with van der Waals surface area (Å²) in [5.74, 6) is 0.0241. The predicted molar refractivity (Wildman–Crippen MR) is 121 cm³/mol. The van der Waals surface area contributed by atoms with Crippen LogP contribution in [0.2, 0.25) is 0 Å². The lowest BCUT2D eigenvalue weighted by molar-refractivity contribution is -0.119. The molecule has 2 heterocycles. The van der Waals surface area contributed by atoms with E-state index in [1.165, 1.54) is 21.6 Å². The van der Waals surface area contributed by atoms with Crippen LogP contribution in [0.4, 0.5) is 20.6 Å². The second kappa shape index (κ2) is 9.72. The van der Waals surface area contributed by atoms with E-state index >= 15 is 0 Å². The molecule has 0 bridgehead atoms. The second-order valence-electron chi connectivity index (χ2n) is 9.10. The summed E-state index contributed by atoms with van der Waals surface area (Å²) in [5, 5.41) is 5.24. The van der Waals surface area contributed by atoms with Crippen LogP contribution in [0.15, 0.2) is 18.2 Å². The Labute approximate surface area is 193 Å². The first-order valence-corrected chi connectivity index (χ1v) is 12.2. The van der Waals surface area contributed by atoms with Gasteiger partial charge in [-0.25, -0.2) is 9.18 Å². The summed E-state index contributed by atoms with van der Waals surface area (Å²) >= 11 is 0. The quantitative estimate of drug-likeness (QED) is 0.660. The monoisotopic (exact) mass is 486 g/mol. The number of alkyl halides is 1. The average molecular weight is 487 g/mol. The third kappa shape index (κ3) is 6.47. The van der Waals surface area contributed by atoms with Gasteiger partial charge in [-0.05, 0) is 51.8 Å². The van der Waals surface area contributed by atoms with Crippen molar-refractivity contribution in [3.8, 4) is 5.75 Å². The summed E-state index contributed by atoms with van der Waals surface area (Å²) in [6.45, 7) is 6.77. The maximum absolute atomic E-state index is 13.6. The molecule has 3 rings (SSSR count). The van der Waals surface area contributed by atoms with Crippen LogP contribution in [0.3, 0.4) is 0 Å². The van der Waals surface area contributed by atoms with Gasteiger partial charge in [-0.3, -0.25) is 14.4 Å². The number of halogens is 1. The lowest BCUT2D eigenvalue weighted by Gasteiger charge is -2.39. The van der Waals surface area contributed by atoms with Gasteiger partial charge in [0, 0.05) is 25.7 Å². The topological polar surface area (TPSA) is 117 Å². The van der Waals surface area contributed by atoms with E-state index in [0.717, 1.165) is 0 Å². The van der Waals surface area contributed by atoms with Gasteiger partial charge in [0.05, 0.1) is 18.8 Å². The smallest absolute Gasteiger partial charge is 0.412 e. The molecule has 0 aliphatic carbocycles. The molecule has 0 radical (unpaired) electrons. The fraction of sp³-hybridized carbons (Fsp3) is 0.619. The normalized spacial score (nSPS) is 19.9. The third-order valence-corrected chi connectivity index (χ3v) is 7.02. The number of hydrogen-bond donors (Lipinski definition) is 2. The Kier molecular flexibility index (Phi) is 7.37. The fourth-order valence-corrected chi connectivity index (χ4v) is 5.28. The molecule has 2 amide bonds. The summed E-state index contributed by atoms with van der Waals surface area (Å²) in [7, 11) is -4.00. The highest BCUT2D eigenvalue weighted by atomic mass is 32.2. The zero-order valence-corrected chi connectivity index (χ0v) is 20.1. The molecule has 2 N–H and O–H groups in total. The Morgan fingerprint density at radius 1 is 1.24 bits per heavy atom. The van der Waals surface area contributed by atoms with Crippen LogP contribution in [0.1, 0.15) is 40.5 Å². The van der Waals surface area contributed by atoms with Gasteiger partial charge in [0.15, 0.2) is 0 Å². The molecular formula is C21H31FN4O6S. The Balaban J connectivity index is 1.90. The van der Waals surface area contributed by atoms with Crippen molar-refractivity contribution in [1.82, 2.24) is 9.62 Å². The molecule has 2 aliphatic heterocycles. The van der Waals surface area contributed by atoms with Gasteiger partial charge in [-0.2, -0.15) is 12.7 Å². The third-order valence-electron chi connectivity index (χ3n) is 5.10. The first-order valence-electron chi connectivity index (χ1n) is 10.8. The SMILES string of the molecule is CC(=O)NC[C@H]1CN(S(=O)(=O)N2CCC(F)CC2)c2cc(NC(=O)OC(C)(C)C)ccc2O1. The zero-order valence-electron chi connectivity index (χ0n) is 19.3. The molecule has 0 saturated carbocycles. The number of carbonyl (C=O) groups is 2. The van der Waals surface area contributed by atoms with Crippen molar-refractivity contribution in [1.29, 1.82) is 0 Å². The van der Waals surface area contributed by atoms with Crippen LogP contribution in [-0.4, -0.2) is 68.8 Å². The molecule has 0 spiro atoms. The molecule has 0 aromatic heterocycles. The Morgan fingerprint density at radius 3 is 2.52 bits per heavy atom. The summed E-state index contributed by atoms with van der Waals surface area (Å²) in [6, 6.07) is 4.62. The molecule has 1 aromatic rings. The fourth-order valence-electron chi connectivity index (χ4n) is 3.59. The summed E-state index contributed by atoms with van der Waals surface area (Å²) in [4.78, 5) is 23.5. The van der Waals surface area contributed by atoms with E-state index in [0.29, 0.717) is 5.69 Å². The van der Waals surface area contributed by atoms with E-state index in [1.807, 2.05) is 0 Å². The van der Waals surface area contributed by atoms with Crippen molar-refractivity contribution < 1.29 is 31.9 Å². The van der Waals surface area contributed by atoms with Crippen molar-refractivity contribution in [2.24, 2.45) is 0 Å². The standard InChI is InChI=1S/C21H31FN4O6S/c1-14(27)23-12-17-13-26(33(29,30)25-9-7-15(22)8-10-25)18-11-16(5-6-19(18)31-17)24-20(28)32-21(2,3)4/h5-6,11,15,17H,7-10,12-13H2,1-4H3,(H,23,27)(H,24,28)/t17-/m0/s1. The van der Waals surface area contributed by atoms with E-state index in [9.17, 15) is 22.4 Å². The molecule has 12 heteroatoms. The molecule has 184 valence electrons. The number of benzene rings is 1. The highest BCUT2D eigenvalue weighted by Crippen LogP contribution is 2.38. The molecule has 1 fully saturated rings. The number of anilines is 2. The molecule has 0 unspecified atom stereocenters. The lowest BCUT2D eigenvalue weighted by Crippen LogP contribution is -2.53. The highest BCUT2D eigenvalue weighted by molar-refractivity contribution is 7.90. The van der Waals surface area contributed by atoms with Crippen LogP contribution >= 0.6 is 0 Å². The van der Waals surface area contributed by atoms with Crippen molar-refractivity contribution in [3.05, 3.63) is 18.2 Å². The average Bonchev–Trinajstić information content (AvgIpc) is 2.70. The Morgan fingerprint density at radius 2 is 1.91 bits per heavy atom. The number of rotatable bonds is 5. The Bertz CT molecular complexity index is 989. The van der Waals surface area contributed by atoms with Crippen LogP contribution < -0.4 is 19.7 Å². The molecule has 1 saturated heterocycles. The minimum atomic E-state index is -4.00. The van der Waals surface area contributed by atoms with E-state index in [4.69, 9.17) is 9.47 Å². The second-order valence-corrected chi connectivity index (χ2v) is 11.0. The van der Waals surface area contributed by atoms with E-state index in [-0.39, 0.29) is 56.4 Å². The molecule has 1 aromatic carbocycles. The molecule has 10 nitrogen and oxygen atoms in total. The first-order chi connectivity index (χ1) is 15.3. The maximum atomic E-state index is 13.6. The van der Waals surface area contributed by atoms with Crippen LogP contribution in [0.25, 0.3) is 0 Å². The van der Waals surface area contributed by atoms with E-state index in [2.05, 4.69) is 10.6 Å². The summed E-state index contributed by atoms with van der Waals surface area (Å²) in [6.07, 6.45) is -2.06. The minimum Gasteiger partial charge on any atom is -0.484 e. The van der Waals surface area contributed by atoms with Crippen molar-refractivity contribution >= 4 is 33.6 Å². The van der Waals surface area contributed by atoms with Crippen molar-refractivity contribution in [2.45, 2.75) is 58.4 Å².